The first-order chi connectivity index (χ1) is 15.0. The molecule has 31 heavy (non-hydrogen) atoms. The Morgan fingerprint density at radius 3 is 2.90 bits per heavy atom. The molecule has 0 unspecified atom stereocenters. The van der Waals surface area contributed by atoms with Crippen LogP contribution in [-0.2, 0) is 12.8 Å². The number of aryl methyl sites for hydroxylation is 1. The fraction of sp³-hybridized carbons (Fsp3) is 0.261. The van der Waals surface area contributed by atoms with Crippen LogP contribution < -0.4 is 14.9 Å². The number of ether oxygens (including phenoxy) is 2. The number of nitrogens with one attached hydrogen (secondary N) is 1. The van der Waals surface area contributed by atoms with Crippen LogP contribution in [0.25, 0.3) is 0 Å². The van der Waals surface area contributed by atoms with Crippen molar-refractivity contribution in [3.8, 4) is 11.5 Å². The second kappa shape index (κ2) is 9.18. The Bertz CT molecular complexity index is 1120. The highest BCUT2D eigenvalue weighted by Gasteiger charge is 2.20. The van der Waals surface area contributed by atoms with Crippen LogP contribution in [0, 0.1) is 5.92 Å². The summed E-state index contributed by atoms with van der Waals surface area (Å²) in [6.07, 6.45) is 6.14. The summed E-state index contributed by atoms with van der Waals surface area (Å²) < 4.78 is 15.6. The van der Waals surface area contributed by atoms with Crippen molar-refractivity contribution in [3.63, 3.8) is 0 Å². The van der Waals surface area contributed by atoms with Gasteiger partial charge in [0.15, 0.2) is 11.5 Å². The van der Waals surface area contributed by atoms with Crippen molar-refractivity contribution >= 4 is 29.4 Å². The molecule has 1 amide bonds. The van der Waals surface area contributed by atoms with Gasteiger partial charge < -0.3 is 13.9 Å². The number of thiophene rings is 1. The van der Waals surface area contributed by atoms with E-state index in [1.54, 1.807) is 35.6 Å². The number of rotatable bonds is 6. The number of benzene rings is 1. The number of hydrazone groups is 1. The summed E-state index contributed by atoms with van der Waals surface area (Å²) in [5, 5.41) is 4.05. The third-order valence-corrected chi connectivity index (χ3v) is 6.28. The number of esters is 1. The van der Waals surface area contributed by atoms with Crippen LogP contribution in [0.3, 0.4) is 0 Å². The normalized spacial score (nSPS) is 15.5. The number of carbonyl (C=O) groups is 2. The predicted octanol–water partition coefficient (Wildman–Crippen LogP) is 4.46. The van der Waals surface area contributed by atoms with E-state index in [2.05, 4.69) is 17.5 Å². The third-order valence-electron chi connectivity index (χ3n) is 5.05. The van der Waals surface area contributed by atoms with Crippen molar-refractivity contribution in [2.45, 2.75) is 26.2 Å². The van der Waals surface area contributed by atoms with Crippen molar-refractivity contribution < 1.29 is 23.5 Å². The van der Waals surface area contributed by atoms with Crippen LogP contribution in [-0.4, -0.2) is 25.2 Å². The largest absolute Gasteiger partial charge is 0.493 e. The number of hydrogen-bond donors (Lipinski definition) is 1. The summed E-state index contributed by atoms with van der Waals surface area (Å²) in [6, 6.07) is 10.1. The van der Waals surface area contributed by atoms with E-state index in [0.717, 1.165) is 12.8 Å². The van der Waals surface area contributed by atoms with Gasteiger partial charge in [0.2, 0.25) is 5.76 Å². The third kappa shape index (κ3) is 4.86. The molecule has 1 atom stereocenters. The minimum atomic E-state index is -0.620. The molecular weight excluding hydrogens is 416 g/mol. The molecule has 2 aromatic heterocycles. The average Bonchev–Trinajstić information content (AvgIpc) is 3.44. The van der Waals surface area contributed by atoms with Gasteiger partial charge in [0, 0.05) is 4.88 Å². The number of amides is 1. The Hall–Kier alpha value is -3.39. The highest BCUT2D eigenvalue weighted by molar-refractivity contribution is 7.14. The second-order valence-corrected chi connectivity index (χ2v) is 8.52. The molecule has 7 nitrogen and oxygen atoms in total. The molecule has 0 radical (unpaired) electrons. The van der Waals surface area contributed by atoms with Gasteiger partial charge in [-0.05, 0) is 72.7 Å². The molecule has 0 aliphatic heterocycles. The van der Waals surface area contributed by atoms with Crippen LogP contribution in [0.1, 0.15) is 49.6 Å². The maximum absolute atomic E-state index is 12.4. The van der Waals surface area contributed by atoms with E-state index in [9.17, 15) is 9.59 Å². The molecule has 0 bridgehead atoms. The average molecular weight is 439 g/mol. The molecule has 1 N–H and O–H groups in total. The van der Waals surface area contributed by atoms with Crippen molar-refractivity contribution in [3.05, 3.63) is 69.3 Å². The van der Waals surface area contributed by atoms with Gasteiger partial charge in [0.1, 0.15) is 0 Å². The fourth-order valence-corrected chi connectivity index (χ4v) is 4.53. The molecule has 1 aliphatic rings. The standard InChI is InChI=1S/C23H22N2O5S/c1-14-5-8-20-16(10-14)12-21(31-20)22(26)25-24-13-15-6-7-17(19(11-15)28-2)30-23(27)18-4-3-9-29-18/h3-4,6-7,9,11-14H,5,8,10H2,1-2H3,(H,25,26)/b24-13-/t14-/m0/s1. The Morgan fingerprint density at radius 1 is 1.26 bits per heavy atom. The smallest absolute Gasteiger partial charge is 0.379 e. The first-order valence-electron chi connectivity index (χ1n) is 9.92. The molecule has 4 rings (SSSR count). The zero-order valence-corrected chi connectivity index (χ0v) is 18.0. The van der Waals surface area contributed by atoms with Crippen molar-refractivity contribution in [1.82, 2.24) is 5.43 Å². The van der Waals surface area contributed by atoms with Gasteiger partial charge in [-0.2, -0.15) is 5.10 Å². The summed E-state index contributed by atoms with van der Waals surface area (Å²) in [4.78, 5) is 26.5. The minimum absolute atomic E-state index is 0.0973. The van der Waals surface area contributed by atoms with Gasteiger partial charge in [-0.3, -0.25) is 4.79 Å². The van der Waals surface area contributed by atoms with Gasteiger partial charge in [-0.25, -0.2) is 10.2 Å². The summed E-state index contributed by atoms with van der Waals surface area (Å²) >= 11 is 1.54. The van der Waals surface area contributed by atoms with E-state index >= 15 is 0 Å². The Labute approximate surface area is 183 Å². The molecule has 1 aromatic carbocycles. The maximum Gasteiger partial charge on any atom is 0.379 e. The number of fused-ring (bicyclic) bond motifs is 1. The Morgan fingerprint density at radius 2 is 2.13 bits per heavy atom. The lowest BCUT2D eigenvalue weighted by atomic mass is 9.90. The van der Waals surface area contributed by atoms with E-state index < -0.39 is 5.97 Å². The maximum atomic E-state index is 12.4. The minimum Gasteiger partial charge on any atom is -0.493 e. The van der Waals surface area contributed by atoms with Gasteiger partial charge in [0.25, 0.3) is 5.91 Å². The van der Waals surface area contributed by atoms with Crippen molar-refractivity contribution in [1.29, 1.82) is 0 Å². The fourth-order valence-electron chi connectivity index (χ4n) is 3.43. The number of methoxy groups -OCH3 is 1. The van der Waals surface area contributed by atoms with Crippen molar-refractivity contribution in [2.75, 3.05) is 7.11 Å². The van der Waals surface area contributed by atoms with Gasteiger partial charge >= 0.3 is 5.97 Å². The summed E-state index contributed by atoms with van der Waals surface area (Å²) in [5.74, 6) is 0.524. The lowest BCUT2D eigenvalue weighted by Gasteiger charge is -2.16. The zero-order chi connectivity index (χ0) is 21.8. The van der Waals surface area contributed by atoms with Gasteiger partial charge in [-0.15, -0.1) is 11.3 Å². The summed E-state index contributed by atoms with van der Waals surface area (Å²) in [7, 11) is 1.47. The topological polar surface area (TPSA) is 90.1 Å². The molecule has 0 saturated carbocycles. The van der Waals surface area contributed by atoms with Crippen LogP contribution in [0.15, 0.2) is 52.2 Å². The highest BCUT2D eigenvalue weighted by Crippen LogP contribution is 2.32. The Balaban J connectivity index is 1.39. The van der Waals surface area contributed by atoms with E-state index in [1.807, 2.05) is 6.07 Å². The highest BCUT2D eigenvalue weighted by atomic mass is 32.1. The van der Waals surface area contributed by atoms with Gasteiger partial charge in [0.05, 0.1) is 24.5 Å². The lowest BCUT2D eigenvalue weighted by Crippen LogP contribution is -2.16. The van der Waals surface area contributed by atoms with E-state index in [1.165, 1.54) is 42.5 Å². The number of furan rings is 1. The molecule has 0 saturated heterocycles. The van der Waals surface area contributed by atoms with Crippen LogP contribution in [0.5, 0.6) is 11.5 Å². The van der Waals surface area contributed by atoms with Crippen molar-refractivity contribution in [2.24, 2.45) is 11.0 Å². The zero-order valence-electron chi connectivity index (χ0n) is 17.2. The van der Waals surface area contributed by atoms with E-state index in [0.29, 0.717) is 22.1 Å². The van der Waals surface area contributed by atoms with Gasteiger partial charge in [-0.1, -0.05) is 6.92 Å². The summed E-state index contributed by atoms with van der Waals surface area (Å²) in [6.45, 7) is 2.24. The second-order valence-electron chi connectivity index (χ2n) is 7.38. The number of nitrogens with zero attached hydrogens (tertiary/aromatic N) is 1. The molecule has 8 heteroatoms. The summed E-state index contributed by atoms with van der Waals surface area (Å²) in [5.41, 5.74) is 4.53. The van der Waals surface area contributed by atoms with E-state index in [-0.39, 0.29) is 17.4 Å². The molecule has 160 valence electrons. The van der Waals surface area contributed by atoms with E-state index in [4.69, 9.17) is 13.9 Å². The lowest BCUT2D eigenvalue weighted by molar-refractivity contribution is 0.0696. The number of carbonyl (C=O) groups excluding carboxylic acids is 2. The SMILES string of the molecule is COc1cc(/C=N\NC(=O)c2cc3c(s2)CC[C@H](C)C3)ccc1OC(=O)c1ccco1. The van der Waals surface area contributed by atoms with Crippen LogP contribution in [0.2, 0.25) is 0 Å². The predicted molar refractivity (Wildman–Crippen MR) is 117 cm³/mol. The van der Waals surface area contributed by atoms with Crippen LogP contribution >= 0.6 is 11.3 Å². The number of hydrogen-bond acceptors (Lipinski definition) is 7. The molecule has 0 spiro atoms. The Kier molecular flexibility index (Phi) is 6.18. The first kappa shape index (κ1) is 20.9. The quantitative estimate of drug-likeness (QED) is 0.266. The molecule has 0 fully saturated rings. The first-order valence-corrected chi connectivity index (χ1v) is 10.7. The van der Waals surface area contributed by atoms with Crippen LogP contribution in [0.4, 0.5) is 0 Å². The molecule has 2 heterocycles. The molecular formula is C23H22N2O5S. The molecule has 3 aromatic rings. The molecule has 1 aliphatic carbocycles. The monoisotopic (exact) mass is 438 g/mol.